The molecule has 4 aromatic rings. The molecule has 0 aliphatic heterocycles. The minimum absolute atomic E-state index is 0.941. The fraction of sp³-hybridized carbons (Fsp3) is 0.143. The maximum Gasteiger partial charge on any atom is 0.0838 e. The summed E-state index contributed by atoms with van der Waals surface area (Å²) in [5, 5.41) is 2.37. The normalized spacial score (nSPS) is 10.5. The van der Waals surface area contributed by atoms with Crippen molar-refractivity contribution in [2.24, 2.45) is 0 Å². The quantitative estimate of drug-likeness (QED) is 0.419. The van der Waals surface area contributed by atoms with Gasteiger partial charge in [0.15, 0.2) is 0 Å². The molecule has 0 amide bonds. The monoisotopic (exact) mass is 332 g/mol. The van der Waals surface area contributed by atoms with Crippen LogP contribution in [0, 0.1) is 20.8 Å². The third-order valence-electron chi connectivity index (χ3n) is 3.90. The maximum absolute atomic E-state index is 4.48. The summed E-state index contributed by atoms with van der Waals surface area (Å²) in [6.07, 6.45) is 0. The molecule has 2 aromatic heterocycles. The summed E-state index contributed by atoms with van der Waals surface area (Å²) in [5.74, 6) is 0. The SMILES string of the molecule is Cc1ccc2cccc(C)c2n1.Cc1ccc2cccc(S)c2n1. The molecule has 0 spiro atoms. The van der Waals surface area contributed by atoms with Gasteiger partial charge in [-0.15, -0.1) is 12.6 Å². The third kappa shape index (κ3) is 3.57. The minimum Gasteiger partial charge on any atom is -0.253 e. The van der Waals surface area contributed by atoms with Gasteiger partial charge < -0.3 is 0 Å². The van der Waals surface area contributed by atoms with E-state index in [0.29, 0.717) is 0 Å². The molecule has 0 aliphatic carbocycles. The number of aryl methyl sites for hydroxylation is 3. The van der Waals surface area contributed by atoms with Gasteiger partial charge in [0.05, 0.1) is 11.0 Å². The van der Waals surface area contributed by atoms with Gasteiger partial charge in [0.1, 0.15) is 0 Å². The van der Waals surface area contributed by atoms with Crippen molar-refractivity contribution < 1.29 is 0 Å². The van der Waals surface area contributed by atoms with Gasteiger partial charge >= 0.3 is 0 Å². The van der Waals surface area contributed by atoms with Crippen LogP contribution in [0.4, 0.5) is 0 Å². The number of fused-ring (bicyclic) bond motifs is 2. The Morgan fingerprint density at radius 3 is 1.83 bits per heavy atom. The van der Waals surface area contributed by atoms with Gasteiger partial charge in [0.25, 0.3) is 0 Å². The van der Waals surface area contributed by atoms with E-state index < -0.39 is 0 Å². The average Bonchev–Trinajstić information content (AvgIpc) is 2.57. The van der Waals surface area contributed by atoms with Crippen LogP contribution in [0.3, 0.4) is 0 Å². The van der Waals surface area contributed by atoms with Crippen molar-refractivity contribution in [1.82, 2.24) is 9.97 Å². The number of pyridine rings is 2. The van der Waals surface area contributed by atoms with Crippen LogP contribution in [0.5, 0.6) is 0 Å². The Balaban J connectivity index is 0.000000141. The third-order valence-corrected chi connectivity index (χ3v) is 4.26. The van der Waals surface area contributed by atoms with E-state index in [1.165, 1.54) is 10.9 Å². The fourth-order valence-corrected chi connectivity index (χ4v) is 2.89. The molecule has 0 atom stereocenters. The highest BCUT2D eigenvalue weighted by Crippen LogP contribution is 2.19. The Bertz CT molecular complexity index is 926. The Morgan fingerprint density at radius 2 is 1.17 bits per heavy atom. The van der Waals surface area contributed by atoms with E-state index in [-0.39, 0.29) is 0 Å². The van der Waals surface area contributed by atoms with Crippen molar-refractivity contribution >= 4 is 34.4 Å². The van der Waals surface area contributed by atoms with Crippen LogP contribution in [-0.4, -0.2) is 9.97 Å². The molecule has 0 unspecified atom stereocenters. The number of thiol groups is 1. The predicted molar refractivity (Wildman–Crippen MR) is 105 cm³/mol. The first-order chi connectivity index (χ1) is 11.5. The smallest absolute Gasteiger partial charge is 0.0838 e. The van der Waals surface area contributed by atoms with Gasteiger partial charge in [-0.1, -0.05) is 42.5 Å². The van der Waals surface area contributed by atoms with Crippen molar-refractivity contribution in [3.63, 3.8) is 0 Å². The van der Waals surface area contributed by atoms with Gasteiger partial charge in [-0.05, 0) is 44.5 Å². The molecular weight excluding hydrogens is 312 g/mol. The van der Waals surface area contributed by atoms with Crippen LogP contribution in [-0.2, 0) is 0 Å². The highest BCUT2D eigenvalue weighted by molar-refractivity contribution is 7.80. The van der Waals surface area contributed by atoms with E-state index in [2.05, 4.69) is 59.9 Å². The lowest BCUT2D eigenvalue weighted by Crippen LogP contribution is -1.85. The molecule has 0 saturated carbocycles. The Kier molecular flexibility index (Phi) is 4.81. The molecule has 4 rings (SSSR count). The Hall–Kier alpha value is -2.39. The second-order valence-electron chi connectivity index (χ2n) is 5.90. The number of aromatic nitrogens is 2. The molecule has 0 aliphatic rings. The summed E-state index contributed by atoms with van der Waals surface area (Å²) in [5.41, 5.74) is 5.47. The molecule has 2 heterocycles. The molecule has 0 N–H and O–H groups in total. The van der Waals surface area contributed by atoms with Gasteiger partial charge in [0, 0.05) is 27.1 Å². The predicted octanol–water partition coefficient (Wildman–Crippen LogP) is 5.68. The highest BCUT2D eigenvalue weighted by Gasteiger charge is 1.98. The van der Waals surface area contributed by atoms with Crippen LogP contribution in [0.15, 0.2) is 65.6 Å². The Morgan fingerprint density at radius 1 is 0.625 bits per heavy atom. The molecular formula is C21H20N2S. The van der Waals surface area contributed by atoms with Crippen molar-refractivity contribution in [3.05, 3.63) is 77.6 Å². The van der Waals surface area contributed by atoms with E-state index in [9.17, 15) is 0 Å². The summed E-state index contributed by atoms with van der Waals surface area (Å²) in [6, 6.07) is 20.5. The largest absolute Gasteiger partial charge is 0.253 e. The summed E-state index contributed by atoms with van der Waals surface area (Å²) < 4.78 is 0. The van der Waals surface area contributed by atoms with E-state index in [1.54, 1.807) is 0 Å². The number of hydrogen-bond donors (Lipinski definition) is 1. The summed E-state index contributed by atoms with van der Waals surface area (Å²) in [6.45, 7) is 6.10. The van der Waals surface area contributed by atoms with Gasteiger partial charge in [0.2, 0.25) is 0 Å². The molecule has 24 heavy (non-hydrogen) atoms. The molecule has 3 heteroatoms. The van der Waals surface area contributed by atoms with E-state index >= 15 is 0 Å². The van der Waals surface area contributed by atoms with Crippen molar-refractivity contribution in [1.29, 1.82) is 0 Å². The number of nitrogens with zero attached hydrogens (tertiary/aromatic N) is 2. The van der Waals surface area contributed by atoms with Crippen LogP contribution < -0.4 is 0 Å². The second kappa shape index (κ2) is 7.02. The molecule has 2 nitrogen and oxygen atoms in total. The van der Waals surface area contributed by atoms with Crippen LogP contribution >= 0.6 is 12.6 Å². The van der Waals surface area contributed by atoms with E-state index in [1.807, 2.05) is 44.2 Å². The number of rotatable bonds is 0. The summed E-state index contributed by atoms with van der Waals surface area (Å²) in [4.78, 5) is 9.81. The van der Waals surface area contributed by atoms with Gasteiger partial charge in [-0.3, -0.25) is 9.97 Å². The molecule has 2 aromatic carbocycles. The summed E-state index contributed by atoms with van der Waals surface area (Å²) in [7, 11) is 0. The van der Waals surface area contributed by atoms with E-state index in [0.717, 1.165) is 32.7 Å². The minimum atomic E-state index is 0.941. The van der Waals surface area contributed by atoms with Crippen molar-refractivity contribution in [2.75, 3.05) is 0 Å². The first-order valence-electron chi connectivity index (χ1n) is 7.93. The molecule has 0 fully saturated rings. The van der Waals surface area contributed by atoms with Gasteiger partial charge in [-0.2, -0.15) is 0 Å². The van der Waals surface area contributed by atoms with Crippen LogP contribution in [0.2, 0.25) is 0 Å². The zero-order valence-electron chi connectivity index (χ0n) is 14.1. The van der Waals surface area contributed by atoms with Crippen LogP contribution in [0.25, 0.3) is 21.8 Å². The molecule has 0 bridgehead atoms. The lowest BCUT2D eigenvalue weighted by Gasteiger charge is -2.00. The first kappa shape index (κ1) is 16.5. The highest BCUT2D eigenvalue weighted by atomic mass is 32.1. The van der Waals surface area contributed by atoms with Crippen molar-refractivity contribution in [2.45, 2.75) is 25.7 Å². The van der Waals surface area contributed by atoms with Crippen LogP contribution in [0.1, 0.15) is 17.0 Å². The molecule has 120 valence electrons. The average molecular weight is 332 g/mol. The standard InChI is InChI=1S/C11H11N.C10H9NS/c1-8-4-3-5-10-7-6-9(2)12-11(8)10;1-7-5-6-8-3-2-4-9(12)10(8)11-7/h3-7H,1-2H3;2-6,12H,1H3. The van der Waals surface area contributed by atoms with E-state index in [4.69, 9.17) is 0 Å². The lowest BCUT2D eigenvalue weighted by atomic mass is 10.1. The topological polar surface area (TPSA) is 25.8 Å². The number of benzene rings is 2. The fourth-order valence-electron chi connectivity index (χ4n) is 2.62. The van der Waals surface area contributed by atoms with Crippen molar-refractivity contribution in [3.8, 4) is 0 Å². The summed E-state index contributed by atoms with van der Waals surface area (Å²) >= 11 is 4.34. The number of hydrogen-bond acceptors (Lipinski definition) is 3. The molecule has 0 saturated heterocycles. The zero-order chi connectivity index (χ0) is 17.1. The maximum atomic E-state index is 4.48. The zero-order valence-corrected chi connectivity index (χ0v) is 15.0. The Labute approximate surface area is 148 Å². The van der Waals surface area contributed by atoms with Gasteiger partial charge in [-0.25, -0.2) is 0 Å². The lowest BCUT2D eigenvalue weighted by molar-refractivity contribution is 1.23. The molecule has 0 radical (unpaired) electrons. The second-order valence-corrected chi connectivity index (χ2v) is 6.38. The number of para-hydroxylation sites is 2. The first-order valence-corrected chi connectivity index (χ1v) is 8.37.